The molecule has 0 aromatic carbocycles. The van der Waals surface area contributed by atoms with Crippen molar-refractivity contribution < 1.29 is 13.2 Å². The molecule has 20 heavy (non-hydrogen) atoms. The number of pyridine rings is 1. The average Bonchev–Trinajstić information content (AvgIpc) is 2.73. The van der Waals surface area contributed by atoms with E-state index in [1.807, 2.05) is 6.07 Å². The van der Waals surface area contributed by atoms with Gasteiger partial charge in [-0.3, -0.25) is 4.90 Å². The van der Waals surface area contributed by atoms with Gasteiger partial charge in [-0.05, 0) is 56.8 Å². The van der Waals surface area contributed by atoms with E-state index in [0.717, 1.165) is 15.4 Å². The highest BCUT2D eigenvalue weighted by Gasteiger charge is 2.34. The molecule has 0 bridgehead atoms. The second-order valence-corrected chi connectivity index (χ2v) is 6.64. The fourth-order valence-corrected chi connectivity index (χ4v) is 3.39. The van der Waals surface area contributed by atoms with Crippen molar-refractivity contribution in [3.8, 4) is 0 Å². The van der Waals surface area contributed by atoms with Gasteiger partial charge in [0.1, 0.15) is 5.82 Å². The standard InChI is InChI=1S/C12H14Br2F3N3/c13-9-3-10(14)11(19-5-9)18-4-8-1-2-20(6-8)7-12(15,16)17/h3,5,8H,1-2,4,6-7H2,(H,18,19). The molecule has 1 aliphatic heterocycles. The number of rotatable bonds is 4. The minimum atomic E-state index is -4.11. The van der Waals surface area contributed by atoms with Crippen LogP contribution < -0.4 is 5.32 Å². The third-order valence-electron chi connectivity index (χ3n) is 3.14. The summed E-state index contributed by atoms with van der Waals surface area (Å²) in [6, 6.07) is 1.87. The fraction of sp³-hybridized carbons (Fsp3) is 0.583. The maximum Gasteiger partial charge on any atom is 0.401 e. The van der Waals surface area contributed by atoms with Crippen LogP contribution in [0.15, 0.2) is 21.2 Å². The molecule has 1 aliphatic rings. The molecular formula is C12H14Br2F3N3. The van der Waals surface area contributed by atoms with Crippen molar-refractivity contribution in [3.05, 3.63) is 21.2 Å². The molecule has 0 spiro atoms. The van der Waals surface area contributed by atoms with Crippen LogP contribution in [0.2, 0.25) is 0 Å². The van der Waals surface area contributed by atoms with Gasteiger partial charge >= 0.3 is 6.18 Å². The predicted molar refractivity (Wildman–Crippen MR) is 78.7 cm³/mol. The van der Waals surface area contributed by atoms with Crippen LogP contribution in [0.5, 0.6) is 0 Å². The number of alkyl halides is 3. The monoisotopic (exact) mass is 415 g/mol. The van der Waals surface area contributed by atoms with Crippen molar-refractivity contribution in [2.45, 2.75) is 12.6 Å². The van der Waals surface area contributed by atoms with Gasteiger partial charge in [0, 0.05) is 23.8 Å². The molecule has 3 nitrogen and oxygen atoms in total. The first-order chi connectivity index (χ1) is 9.33. The molecule has 1 saturated heterocycles. The normalized spacial score (nSPS) is 20.4. The summed E-state index contributed by atoms with van der Waals surface area (Å²) in [5, 5.41) is 3.18. The fourth-order valence-electron chi connectivity index (χ4n) is 2.26. The largest absolute Gasteiger partial charge is 0.401 e. The zero-order valence-corrected chi connectivity index (χ0v) is 13.7. The summed E-state index contributed by atoms with van der Waals surface area (Å²) in [5.41, 5.74) is 0. The molecule has 112 valence electrons. The number of nitrogens with zero attached hydrogens (tertiary/aromatic N) is 2. The number of anilines is 1. The van der Waals surface area contributed by atoms with E-state index < -0.39 is 12.7 Å². The van der Waals surface area contributed by atoms with E-state index in [0.29, 0.717) is 25.5 Å². The number of nitrogens with one attached hydrogen (secondary N) is 1. The Morgan fingerprint density at radius 2 is 2.15 bits per heavy atom. The first-order valence-corrected chi connectivity index (χ1v) is 7.76. The van der Waals surface area contributed by atoms with Crippen LogP contribution in [0.3, 0.4) is 0 Å². The Hall–Kier alpha value is -0.340. The highest BCUT2D eigenvalue weighted by atomic mass is 79.9. The summed E-state index contributed by atoms with van der Waals surface area (Å²) in [6.45, 7) is 0.784. The Morgan fingerprint density at radius 3 is 2.80 bits per heavy atom. The van der Waals surface area contributed by atoms with Crippen molar-refractivity contribution in [3.63, 3.8) is 0 Å². The average molecular weight is 417 g/mol. The molecule has 2 heterocycles. The molecular weight excluding hydrogens is 403 g/mol. The first-order valence-electron chi connectivity index (χ1n) is 6.17. The number of likely N-dealkylation sites (tertiary alicyclic amines) is 1. The number of halogens is 5. The Bertz CT molecular complexity index is 468. The minimum Gasteiger partial charge on any atom is -0.369 e. The summed E-state index contributed by atoms with van der Waals surface area (Å²) in [4.78, 5) is 5.67. The molecule has 1 aromatic rings. The molecule has 2 rings (SSSR count). The number of aromatic nitrogens is 1. The molecule has 1 N–H and O–H groups in total. The molecule has 8 heteroatoms. The van der Waals surface area contributed by atoms with Gasteiger partial charge in [-0.2, -0.15) is 13.2 Å². The Labute approximate surface area is 132 Å². The van der Waals surface area contributed by atoms with Crippen molar-refractivity contribution in [2.75, 3.05) is 31.5 Å². The van der Waals surface area contributed by atoms with Crippen LogP contribution in [0, 0.1) is 5.92 Å². The maximum atomic E-state index is 12.3. The molecule has 0 saturated carbocycles. The molecule has 0 aliphatic carbocycles. The van der Waals surface area contributed by atoms with E-state index in [2.05, 4.69) is 42.2 Å². The molecule has 0 radical (unpaired) electrons. The van der Waals surface area contributed by atoms with Crippen LogP contribution in [-0.2, 0) is 0 Å². The summed E-state index contributed by atoms with van der Waals surface area (Å²) in [6.07, 6.45) is -1.66. The summed E-state index contributed by atoms with van der Waals surface area (Å²) in [7, 11) is 0. The SMILES string of the molecule is FC(F)(F)CN1CCC(CNc2ncc(Br)cc2Br)C1. The van der Waals surface area contributed by atoms with Gasteiger partial charge in [0.2, 0.25) is 0 Å². The van der Waals surface area contributed by atoms with E-state index >= 15 is 0 Å². The van der Waals surface area contributed by atoms with Crippen LogP contribution in [-0.4, -0.2) is 42.2 Å². The van der Waals surface area contributed by atoms with Crippen molar-refractivity contribution in [1.82, 2.24) is 9.88 Å². The summed E-state index contributed by atoms with van der Waals surface area (Å²) < 4.78 is 38.6. The van der Waals surface area contributed by atoms with Gasteiger partial charge < -0.3 is 5.32 Å². The number of hydrogen-bond acceptors (Lipinski definition) is 3. The zero-order valence-electron chi connectivity index (χ0n) is 10.6. The van der Waals surface area contributed by atoms with Crippen molar-refractivity contribution in [1.29, 1.82) is 0 Å². The van der Waals surface area contributed by atoms with E-state index in [9.17, 15) is 13.2 Å². The van der Waals surface area contributed by atoms with Gasteiger partial charge in [-0.1, -0.05) is 0 Å². The van der Waals surface area contributed by atoms with Gasteiger partial charge in [0.05, 0.1) is 11.0 Å². The minimum absolute atomic E-state index is 0.217. The van der Waals surface area contributed by atoms with Gasteiger partial charge in [0.15, 0.2) is 0 Å². The maximum absolute atomic E-state index is 12.3. The molecule has 0 amide bonds. The van der Waals surface area contributed by atoms with E-state index in [-0.39, 0.29) is 5.92 Å². The Balaban J connectivity index is 1.81. The lowest BCUT2D eigenvalue weighted by Gasteiger charge is -2.18. The van der Waals surface area contributed by atoms with Crippen LogP contribution in [0.4, 0.5) is 19.0 Å². The second kappa shape index (κ2) is 6.62. The van der Waals surface area contributed by atoms with Crippen molar-refractivity contribution in [2.24, 2.45) is 5.92 Å². The Kier molecular flexibility index (Phi) is 5.30. The van der Waals surface area contributed by atoms with Gasteiger partial charge in [-0.25, -0.2) is 4.98 Å². The van der Waals surface area contributed by atoms with E-state index in [1.165, 1.54) is 4.90 Å². The highest BCUT2D eigenvalue weighted by Crippen LogP contribution is 2.26. The van der Waals surface area contributed by atoms with Crippen molar-refractivity contribution >= 4 is 37.7 Å². The Morgan fingerprint density at radius 1 is 1.40 bits per heavy atom. The zero-order chi connectivity index (χ0) is 14.8. The van der Waals surface area contributed by atoms with Gasteiger partial charge in [-0.15, -0.1) is 0 Å². The number of hydrogen-bond donors (Lipinski definition) is 1. The summed E-state index contributed by atoms with van der Waals surface area (Å²) in [5.74, 6) is 0.928. The lowest BCUT2D eigenvalue weighted by Crippen LogP contribution is -2.33. The quantitative estimate of drug-likeness (QED) is 0.806. The highest BCUT2D eigenvalue weighted by molar-refractivity contribution is 9.11. The molecule has 1 fully saturated rings. The predicted octanol–water partition coefficient (Wildman–Crippen LogP) is 3.90. The van der Waals surface area contributed by atoms with Gasteiger partial charge in [0.25, 0.3) is 0 Å². The van der Waals surface area contributed by atoms with E-state index in [1.54, 1.807) is 6.20 Å². The van der Waals surface area contributed by atoms with Crippen LogP contribution in [0.25, 0.3) is 0 Å². The molecule has 1 atom stereocenters. The third-order valence-corrected chi connectivity index (χ3v) is 4.18. The molecule has 1 unspecified atom stereocenters. The van der Waals surface area contributed by atoms with Crippen LogP contribution >= 0.6 is 31.9 Å². The molecule has 1 aromatic heterocycles. The topological polar surface area (TPSA) is 28.2 Å². The third kappa shape index (κ3) is 4.89. The second-order valence-electron chi connectivity index (χ2n) is 4.87. The lowest BCUT2D eigenvalue weighted by atomic mass is 10.1. The van der Waals surface area contributed by atoms with Crippen LogP contribution in [0.1, 0.15) is 6.42 Å². The summed E-state index contributed by atoms with van der Waals surface area (Å²) >= 11 is 6.71. The smallest absolute Gasteiger partial charge is 0.369 e. The van der Waals surface area contributed by atoms with E-state index in [4.69, 9.17) is 0 Å². The first kappa shape index (κ1) is 16.0. The lowest BCUT2D eigenvalue weighted by molar-refractivity contribution is -0.143.